The van der Waals surface area contributed by atoms with Crippen LogP contribution in [-0.2, 0) is 0 Å². The maximum absolute atomic E-state index is 12.9. The third-order valence-electron chi connectivity index (χ3n) is 10.1. The molecule has 1 aromatic heterocycles. The van der Waals surface area contributed by atoms with Crippen molar-refractivity contribution in [3.8, 4) is 0 Å². The van der Waals surface area contributed by atoms with Crippen LogP contribution in [0.4, 0.5) is 0 Å². The van der Waals surface area contributed by atoms with E-state index >= 15 is 0 Å². The molecule has 2 aromatic carbocycles. The number of unbranched alkanes of at least 4 members (excludes halogenated alkanes) is 5. The summed E-state index contributed by atoms with van der Waals surface area (Å²) in [6, 6.07) is 15.7. The van der Waals surface area contributed by atoms with Gasteiger partial charge in [-0.3, -0.25) is 4.79 Å². The van der Waals surface area contributed by atoms with Gasteiger partial charge in [0.15, 0.2) is 0 Å². The van der Waals surface area contributed by atoms with Crippen LogP contribution in [0.5, 0.6) is 0 Å². The Bertz CT molecular complexity index is 1360. The lowest BCUT2D eigenvalue weighted by molar-refractivity contribution is 0.0956. The number of aromatic nitrogens is 1. The first-order chi connectivity index (χ1) is 27.7. The zero-order chi connectivity index (χ0) is 47.0. The lowest BCUT2D eigenvalue weighted by Gasteiger charge is -2.17. The molecule has 0 unspecified atom stereocenters. The highest BCUT2D eigenvalue weighted by atomic mass is 16.1. The van der Waals surface area contributed by atoms with Gasteiger partial charge in [0.25, 0.3) is 5.91 Å². The number of hydrogen-bond acceptors (Lipinski definition) is 2. The fourth-order valence-corrected chi connectivity index (χ4v) is 5.72. The predicted molar refractivity (Wildman–Crippen MR) is 277 cm³/mol. The average Bonchev–Trinajstić information content (AvgIpc) is 3.13. The van der Waals surface area contributed by atoms with Crippen molar-refractivity contribution in [2.24, 2.45) is 33.5 Å². The van der Waals surface area contributed by atoms with Crippen molar-refractivity contribution in [3.63, 3.8) is 0 Å². The summed E-state index contributed by atoms with van der Waals surface area (Å²) in [5, 5.41) is 4.92. The number of carbonyl (C=O) groups excluding carboxylic acids is 1. The van der Waals surface area contributed by atoms with Crippen molar-refractivity contribution < 1.29 is 4.79 Å². The number of pyridine rings is 1. The third-order valence-corrected chi connectivity index (χ3v) is 10.1. The second-order valence-electron chi connectivity index (χ2n) is 22.7. The van der Waals surface area contributed by atoms with Crippen LogP contribution < -0.4 is 5.32 Å². The quantitative estimate of drug-likeness (QED) is 0.130. The van der Waals surface area contributed by atoms with Gasteiger partial charge < -0.3 is 5.32 Å². The van der Waals surface area contributed by atoms with Crippen LogP contribution in [0.15, 0.2) is 48.5 Å². The van der Waals surface area contributed by atoms with E-state index in [2.05, 4.69) is 156 Å². The fourth-order valence-electron chi connectivity index (χ4n) is 5.72. The smallest absolute Gasteiger partial charge is 0.252 e. The van der Waals surface area contributed by atoms with Gasteiger partial charge >= 0.3 is 0 Å². The van der Waals surface area contributed by atoms with E-state index in [1.165, 1.54) is 83.5 Å². The topological polar surface area (TPSA) is 42.0 Å². The minimum Gasteiger partial charge on any atom is -0.352 e. The van der Waals surface area contributed by atoms with Crippen molar-refractivity contribution >= 4 is 27.7 Å². The van der Waals surface area contributed by atoms with Gasteiger partial charge in [-0.15, -0.1) is 0 Å². The van der Waals surface area contributed by atoms with Crippen LogP contribution >= 0.6 is 0 Å². The van der Waals surface area contributed by atoms with Crippen LogP contribution in [-0.4, -0.2) is 17.4 Å². The molecule has 1 N–H and O–H groups in total. The zero-order valence-electron chi connectivity index (χ0n) is 44.4. The van der Waals surface area contributed by atoms with Crippen molar-refractivity contribution in [1.29, 1.82) is 0 Å². The molecular formula is C57H106N2O. The van der Waals surface area contributed by atoms with Crippen LogP contribution in [0, 0.1) is 33.5 Å². The molecule has 3 nitrogen and oxygen atoms in total. The molecule has 350 valence electrons. The zero-order valence-corrected chi connectivity index (χ0v) is 44.4. The first kappa shape index (κ1) is 61.9. The largest absolute Gasteiger partial charge is 0.352 e. The molecule has 3 aromatic rings. The maximum Gasteiger partial charge on any atom is 0.252 e. The van der Waals surface area contributed by atoms with E-state index in [1.807, 2.05) is 48.5 Å². The lowest BCUT2D eigenvalue weighted by atomic mass is 9.90. The van der Waals surface area contributed by atoms with Gasteiger partial charge in [0.2, 0.25) is 0 Å². The molecule has 0 saturated carbocycles. The molecule has 0 saturated heterocycles. The Labute approximate surface area is 377 Å². The summed E-state index contributed by atoms with van der Waals surface area (Å²) in [4.78, 5) is 17.6. The van der Waals surface area contributed by atoms with Crippen LogP contribution in [0.1, 0.15) is 252 Å². The van der Waals surface area contributed by atoms with E-state index in [0.29, 0.717) is 28.2 Å². The molecule has 0 aliphatic heterocycles. The van der Waals surface area contributed by atoms with E-state index in [4.69, 9.17) is 0 Å². The Balaban J connectivity index is -0.000000766. The second-order valence-corrected chi connectivity index (χ2v) is 22.7. The highest BCUT2D eigenvalue weighted by Gasteiger charge is 2.16. The Hall–Kier alpha value is -2.42. The summed E-state index contributed by atoms with van der Waals surface area (Å²) in [5.74, 6) is 1.76. The summed E-state index contributed by atoms with van der Waals surface area (Å²) < 4.78 is 0. The maximum atomic E-state index is 12.9. The number of benzene rings is 2. The minimum atomic E-state index is -0.00874. The average molecular weight is 835 g/mol. The van der Waals surface area contributed by atoms with Crippen molar-refractivity contribution in [2.45, 2.75) is 242 Å². The Kier molecular flexibility index (Phi) is 35.2. The van der Waals surface area contributed by atoms with Crippen molar-refractivity contribution in [1.82, 2.24) is 10.3 Å². The van der Waals surface area contributed by atoms with Crippen LogP contribution in [0.3, 0.4) is 0 Å². The van der Waals surface area contributed by atoms with Gasteiger partial charge in [0, 0.05) is 17.3 Å². The lowest BCUT2D eigenvalue weighted by Crippen LogP contribution is -2.25. The molecule has 1 amide bonds. The normalized spacial score (nSPS) is 11.5. The van der Waals surface area contributed by atoms with E-state index in [9.17, 15) is 4.79 Å². The number of fused-ring (bicyclic) bond motifs is 2. The number of carbonyl (C=O) groups is 1. The molecule has 60 heavy (non-hydrogen) atoms. The highest BCUT2D eigenvalue weighted by molar-refractivity contribution is 6.16. The van der Waals surface area contributed by atoms with Crippen LogP contribution in [0.25, 0.3) is 21.8 Å². The third kappa shape index (κ3) is 39.7. The molecule has 0 bridgehead atoms. The molecule has 1 heterocycles. The molecule has 0 spiro atoms. The van der Waals surface area contributed by atoms with Crippen molar-refractivity contribution in [3.05, 3.63) is 54.1 Å². The Morgan fingerprint density at radius 3 is 1.07 bits per heavy atom. The molecule has 3 heteroatoms. The number of amides is 1. The van der Waals surface area contributed by atoms with Gasteiger partial charge in [-0.05, 0) is 77.7 Å². The van der Waals surface area contributed by atoms with Gasteiger partial charge in [-0.25, -0.2) is 4.98 Å². The van der Waals surface area contributed by atoms with Crippen molar-refractivity contribution in [2.75, 3.05) is 6.54 Å². The molecule has 0 aliphatic rings. The van der Waals surface area contributed by atoms with E-state index in [-0.39, 0.29) is 5.91 Å². The van der Waals surface area contributed by atoms with E-state index < -0.39 is 0 Å². The van der Waals surface area contributed by atoms with E-state index in [1.54, 1.807) is 0 Å². The minimum absolute atomic E-state index is 0.00874. The molecule has 0 fully saturated rings. The first-order valence-electron chi connectivity index (χ1n) is 24.7. The van der Waals surface area contributed by atoms with E-state index in [0.717, 1.165) is 52.0 Å². The monoisotopic (exact) mass is 835 g/mol. The number of para-hydroxylation sites is 2. The summed E-state index contributed by atoms with van der Waals surface area (Å²) in [6.45, 7) is 48.2. The standard InChI is InChI=1S/C22H26N2O.2C9H20.C7H16.2C5H12/c1-22(2,3)14-8-9-15-23-21(25)20-16-10-4-6-12-18(16)24-19-13-7-5-11-17(19)20;2*1-5-6-7-8-9(2,3)4;1-5-6-7(2,3)4;2*1-4-5(2)3/h4-7,10-13H,8-9,14-15H2,1-3H3,(H,23,25);2*5-8H2,1-4H3;5-6H2,1-4H3;2*5H,4H2,1-3H3. The summed E-state index contributed by atoms with van der Waals surface area (Å²) >= 11 is 0. The van der Waals surface area contributed by atoms with Gasteiger partial charge in [0.05, 0.1) is 16.6 Å². The Morgan fingerprint density at radius 1 is 0.483 bits per heavy atom. The summed E-state index contributed by atoms with van der Waals surface area (Å²) in [7, 11) is 0. The van der Waals surface area contributed by atoms with Gasteiger partial charge in [-0.1, -0.05) is 246 Å². The highest BCUT2D eigenvalue weighted by Crippen LogP contribution is 2.27. The van der Waals surface area contributed by atoms with Gasteiger partial charge in [0.1, 0.15) is 0 Å². The Morgan fingerprint density at radius 2 is 0.800 bits per heavy atom. The number of nitrogens with zero attached hydrogens (tertiary/aromatic N) is 1. The first-order valence-corrected chi connectivity index (χ1v) is 24.7. The SMILES string of the molecule is CC(C)(C)CCCCNC(=O)c1c2ccccc2nc2ccccc12.CCC(C)C.CCC(C)C.CCCC(C)(C)C.CCCCCC(C)(C)C.CCCCCC(C)(C)C. The molecule has 0 aliphatic carbocycles. The van der Waals surface area contributed by atoms with Gasteiger partial charge in [-0.2, -0.15) is 0 Å². The number of rotatable bonds is 14. The molecule has 0 atom stereocenters. The second kappa shape index (κ2) is 34.1. The molecule has 3 rings (SSSR count). The van der Waals surface area contributed by atoms with Crippen LogP contribution in [0.2, 0.25) is 0 Å². The predicted octanol–water partition coefficient (Wildman–Crippen LogP) is 19.5. The summed E-state index contributed by atoms with van der Waals surface area (Å²) in [6.07, 6.45) is 19.6. The number of nitrogens with one attached hydrogen (secondary N) is 1. The summed E-state index contributed by atoms with van der Waals surface area (Å²) in [5.41, 5.74) is 4.45. The molecule has 0 radical (unpaired) electrons. The molecular weight excluding hydrogens is 729 g/mol. The fraction of sp³-hybridized carbons (Fsp3) is 0.754. The number of hydrogen-bond donors (Lipinski definition) is 1.